The van der Waals surface area contributed by atoms with Crippen molar-refractivity contribution in [2.75, 3.05) is 18.1 Å². The van der Waals surface area contributed by atoms with Gasteiger partial charge in [0.05, 0.1) is 6.04 Å². The van der Waals surface area contributed by atoms with Crippen molar-refractivity contribution in [2.45, 2.75) is 13.0 Å². The summed E-state index contributed by atoms with van der Waals surface area (Å²) in [5, 5.41) is 0. The van der Waals surface area contributed by atoms with Crippen LogP contribution in [0.2, 0.25) is 0 Å². The van der Waals surface area contributed by atoms with Gasteiger partial charge in [-0.05, 0) is 19.1 Å². The van der Waals surface area contributed by atoms with Crippen molar-refractivity contribution in [3.05, 3.63) is 54.1 Å². The molecule has 0 aliphatic carbocycles. The highest BCUT2D eigenvalue weighted by molar-refractivity contribution is 7.99. The molecular formula is C16H16N4O2S. The molecule has 1 atom stereocenters. The van der Waals surface area contributed by atoms with Crippen LogP contribution in [0.25, 0.3) is 5.65 Å². The number of imidazole rings is 1. The zero-order valence-electron chi connectivity index (χ0n) is 12.7. The van der Waals surface area contributed by atoms with E-state index in [0.717, 1.165) is 23.0 Å². The number of carbonyl (C=O) groups excluding carboxylic acids is 1. The number of hydrogen-bond donors (Lipinski definition) is 0. The molecule has 4 rings (SSSR count). The van der Waals surface area contributed by atoms with E-state index in [1.165, 1.54) is 0 Å². The number of furan rings is 1. The molecule has 0 aromatic carbocycles. The van der Waals surface area contributed by atoms with Crippen molar-refractivity contribution in [3.8, 4) is 0 Å². The van der Waals surface area contributed by atoms with Crippen LogP contribution in [0.3, 0.4) is 0 Å². The van der Waals surface area contributed by atoms with Crippen LogP contribution in [0, 0.1) is 6.92 Å². The van der Waals surface area contributed by atoms with Gasteiger partial charge in [-0.3, -0.25) is 4.79 Å². The normalized spacial score (nSPS) is 18.5. The molecule has 0 spiro atoms. The highest BCUT2D eigenvalue weighted by Crippen LogP contribution is 2.32. The summed E-state index contributed by atoms with van der Waals surface area (Å²) >= 11 is 1.83. The molecular weight excluding hydrogens is 312 g/mol. The van der Waals surface area contributed by atoms with Crippen molar-refractivity contribution < 1.29 is 9.21 Å². The SMILES string of the molecule is Cc1ccc(C2CSCCN2C(=O)c2nccn3ccnc23)o1. The van der Waals surface area contributed by atoms with Crippen LogP contribution in [-0.2, 0) is 0 Å². The summed E-state index contributed by atoms with van der Waals surface area (Å²) in [6.45, 7) is 2.59. The molecule has 3 aromatic rings. The van der Waals surface area contributed by atoms with Crippen molar-refractivity contribution >= 4 is 23.3 Å². The zero-order chi connectivity index (χ0) is 15.8. The van der Waals surface area contributed by atoms with E-state index in [0.29, 0.717) is 17.9 Å². The lowest BCUT2D eigenvalue weighted by atomic mass is 10.2. The fourth-order valence-electron chi connectivity index (χ4n) is 2.86. The van der Waals surface area contributed by atoms with E-state index in [1.54, 1.807) is 18.6 Å². The number of amides is 1. The van der Waals surface area contributed by atoms with Crippen molar-refractivity contribution in [1.82, 2.24) is 19.3 Å². The molecule has 3 aromatic heterocycles. The van der Waals surface area contributed by atoms with Gasteiger partial charge < -0.3 is 13.7 Å². The molecule has 4 heterocycles. The lowest BCUT2D eigenvalue weighted by Gasteiger charge is -2.33. The first-order chi connectivity index (χ1) is 11.2. The number of aryl methyl sites for hydroxylation is 1. The van der Waals surface area contributed by atoms with Gasteiger partial charge in [-0.15, -0.1) is 0 Å². The maximum Gasteiger partial charge on any atom is 0.277 e. The molecule has 1 aliphatic rings. The predicted octanol–water partition coefficient (Wildman–Crippen LogP) is 2.56. The third-order valence-corrected chi connectivity index (χ3v) is 5.02. The first-order valence-corrected chi connectivity index (χ1v) is 8.62. The van der Waals surface area contributed by atoms with Crippen LogP contribution in [-0.4, -0.2) is 43.2 Å². The second-order valence-electron chi connectivity index (χ2n) is 5.47. The van der Waals surface area contributed by atoms with Crippen LogP contribution in [0.5, 0.6) is 0 Å². The average Bonchev–Trinajstić information content (AvgIpc) is 3.22. The van der Waals surface area contributed by atoms with E-state index in [2.05, 4.69) is 9.97 Å². The second-order valence-corrected chi connectivity index (χ2v) is 6.62. The third kappa shape index (κ3) is 2.50. The van der Waals surface area contributed by atoms with E-state index >= 15 is 0 Å². The Kier molecular flexibility index (Phi) is 3.57. The van der Waals surface area contributed by atoms with Gasteiger partial charge in [-0.1, -0.05) is 0 Å². The van der Waals surface area contributed by atoms with Gasteiger partial charge in [0, 0.05) is 42.8 Å². The van der Waals surface area contributed by atoms with Gasteiger partial charge in [-0.25, -0.2) is 9.97 Å². The zero-order valence-corrected chi connectivity index (χ0v) is 13.5. The second kappa shape index (κ2) is 5.73. The highest BCUT2D eigenvalue weighted by Gasteiger charge is 2.32. The number of fused-ring (bicyclic) bond motifs is 1. The highest BCUT2D eigenvalue weighted by atomic mass is 32.2. The Balaban J connectivity index is 1.72. The summed E-state index contributed by atoms with van der Waals surface area (Å²) in [6, 6.07) is 3.83. The minimum atomic E-state index is -0.0962. The maximum atomic E-state index is 13.1. The van der Waals surface area contributed by atoms with Crippen molar-refractivity contribution in [3.63, 3.8) is 0 Å². The Morgan fingerprint density at radius 1 is 1.30 bits per heavy atom. The monoisotopic (exact) mass is 328 g/mol. The molecule has 118 valence electrons. The molecule has 1 saturated heterocycles. The largest absolute Gasteiger partial charge is 0.464 e. The molecule has 1 unspecified atom stereocenters. The van der Waals surface area contributed by atoms with Gasteiger partial charge >= 0.3 is 0 Å². The minimum Gasteiger partial charge on any atom is -0.464 e. The van der Waals surface area contributed by atoms with Crippen LogP contribution < -0.4 is 0 Å². The number of thioether (sulfide) groups is 1. The summed E-state index contributed by atoms with van der Waals surface area (Å²) in [4.78, 5) is 23.5. The first-order valence-electron chi connectivity index (χ1n) is 7.47. The summed E-state index contributed by atoms with van der Waals surface area (Å²) in [5.41, 5.74) is 0.975. The Bertz CT molecular complexity index is 857. The number of nitrogens with zero attached hydrogens (tertiary/aromatic N) is 4. The Labute approximate surface area is 137 Å². The van der Waals surface area contributed by atoms with Crippen LogP contribution >= 0.6 is 11.8 Å². The first kappa shape index (κ1) is 14.3. The van der Waals surface area contributed by atoms with Crippen LogP contribution in [0.4, 0.5) is 0 Å². The van der Waals surface area contributed by atoms with Crippen molar-refractivity contribution in [2.24, 2.45) is 0 Å². The van der Waals surface area contributed by atoms with E-state index in [1.807, 2.05) is 46.3 Å². The van der Waals surface area contributed by atoms with Crippen LogP contribution in [0.1, 0.15) is 28.1 Å². The minimum absolute atomic E-state index is 0.0630. The predicted molar refractivity (Wildman–Crippen MR) is 87.5 cm³/mol. The summed E-state index contributed by atoms with van der Waals surface area (Å²) in [5.74, 6) is 3.34. The maximum absolute atomic E-state index is 13.1. The van der Waals surface area contributed by atoms with Gasteiger partial charge in [0.2, 0.25) is 0 Å². The molecule has 0 saturated carbocycles. The number of carbonyl (C=O) groups is 1. The quantitative estimate of drug-likeness (QED) is 0.723. The molecule has 0 bridgehead atoms. The Morgan fingerprint density at radius 2 is 2.13 bits per heavy atom. The fourth-order valence-corrected chi connectivity index (χ4v) is 3.92. The van der Waals surface area contributed by atoms with Crippen molar-refractivity contribution in [1.29, 1.82) is 0 Å². The summed E-state index contributed by atoms with van der Waals surface area (Å²) in [7, 11) is 0. The number of hydrogen-bond acceptors (Lipinski definition) is 5. The van der Waals surface area contributed by atoms with Gasteiger partial charge in [-0.2, -0.15) is 11.8 Å². The molecule has 0 N–H and O–H groups in total. The summed E-state index contributed by atoms with van der Waals surface area (Å²) in [6.07, 6.45) is 6.91. The van der Waals surface area contributed by atoms with E-state index in [9.17, 15) is 4.79 Å². The lowest BCUT2D eigenvalue weighted by molar-refractivity contribution is 0.0676. The molecule has 1 amide bonds. The number of aromatic nitrogens is 3. The number of rotatable bonds is 2. The smallest absolute Gasteiger partial charge is 0.277 e. The fraction of sp³-hybridized carbons (Fsp3) is 0.312. The molecule has 23 heavy (non-hydrogen) atoms. The van der Waals surface area contributed by atoms with E-state index < -0.39 is 0 Å². The molecule has 7 heteroatoms. The van der Waals surface area contributed by atoms with Crippen LogP contribution in [0.15, 0.2) is 41.3 Å². The molecule has 1 fully saturated rings. The van der Waals surface area contributed by atoms with Gasteiger partial charge in [0.25, 0.3) is 5.91 Å². The Hall–Kier alpha value is -2.28. The molecule has 0 radical (unpaired) electrons. The molecule has 1 aliphatic heterocycles. The van der Waals surface area contributed by atoms with Gasteiger partial charge in [0.15, 0.2) is 11.3 Å². The molecule has 6 nitrogen and oxygen atoms in total. The topological polar surface area (TPSA) is 63.6 Å². The van der Waals surface area contributed by atoms with Gasteiger partial charge in [0.1, 0.15) is 11.5 Å². The lowest BCUT2D eigenvalue weighted by Crippen LogP contribution is -2.41. The Morgan fingerprint density at radius 3 is 2.91 bits per heavy atom. The van der Waals surface area contributed by atoms with E-state index in [-0.39, 0.29) is 11.9 Å². The average molecular weight is 328 g/mol. The van der Waals surface area contributed by atoms with E-state index in [4.69, 9.17) is 4.42 Å². The third-order valence-electron chi connectivity index (χ3n) is 3.99. The standard InChI is InChI=1S/C16H16N4O2S/c1-11-2-3-13(22-11)12-10-23-9-8-20(12)16(21)14-15-18-5-7-19(15)6-4-17-14/h2-7,12H,8-10H2,1H3. The summed E-state index contributed by atoms with van der Waals surface area (Å²) < 4.78 is 7.57.